The van der Waals surface area contributed by atoms with Gasteiger partial charge < -0.3 is 20.4 Å². The molecular formula is C21H35N4O3+. The molecule has 0 bridgehead atoms. The van der Waals surface area contributed by atoms with Crippen molar-refractivity contribution in [2.75, 3.05) is 38.0 Å². The zero-order valence-electron chi connectivity index (χ0n) is 18.0. The van der Waals surface area contributed by atoms with Crippen molar-refractivity contribution in [1.82, 2.24) is 10.2 Å². The van der Waals surface area contributed by atoms with Gasteiger partial charge in [-0.1, -0.05) is 6.07 Å². The molecule has 3 N–H and O–H groups in total. The maximum Gasteiger partial charge on any atom is 0.279 e. The molecule has 0 aliphatic rings. The summed E-state index contributed by atoms with van der Waals surface area (Å²) in [5.74, 6) is -0.322. The lowest BCUT2D eigenvalue weighted by atomic mass is 10.1. The highest BCUT2D eigenvalue weighted by Crippen LogP contribution is 2.12. The van der Waals surface area contributed by atoms with Crippen molar-refractivity contribution in [1.29, 1.82) is 0 Å². The number of likely N-dealkylation sites (N-methyl/N-ethyl adjacent to an activating group) is 1. The molecule has 1 unspecified atom stereocenters. The van der Waals surface area contributed by atoms with Crippen LogP contribution in [0.5, 0.6) is 0 Å². The van der Waals surface area contributed by atoms with E-state index in [1.54, 1.807) is 29.2 Å². The summed E-state index contributed by atoms with van der Waals surface area (Å²) in [6.45, 7) is 13.9. The van der Waals surface area contributed by atoms with Gasteiger partial charge in [-0.05, 0) is 59.7 Å². The van der Waals surface area contributed by atoms with Crippen LogP contribution in [0.3, 0.4) is 0 Å². The summed E-state index contributed by atoms with van der Waals surface area (Å²) in [4.78, 5) is 39.6. The van der Waals surface area contributed by atoms with E-state index in [9.17, 15) is 14.4 Å². The van der Waals surface area contributed by atoms with Crippen LogP contribution in [0.25, 0.3) is 0 Å². The van der Waals surface area contributed by atoms with Crippen LogP contribution < -0.4 is 15.5 Å². The van der Waals surface area contributed by atoms with E-state index in [1.165, 1.54) is 0 Å². The molecule has 0 saturated heterocycles. The van der Waals surface area contributed by atoms with Gasteiger partial charge in [-0.25, -0.2) is 0 Å². The molecule has 0 fully saturated rings. The summed E-state index contributed by atoms with van der Waals surface area (Å²) in [5.41, 5.74) is 0.833. The van der Waals surface area contributed by atoms with Gasteiger partial charge in [-0.3, -0.25) is 14.4 Å². The third-order valence-electron chi connectivity index (χ3n) is 4.28. The Kier molecular flexibility index (Phi) is 9.12. The van der Waals surface area contributed by atoms with E-state index in [2.05, 4.69) is 10.6 Å². The second kappa shape index (κ2) is 10.8. The van der Waals surface area contributed by atoms with Crippen LogP contribution in [-0.4, -0.2) is 60.9 Å². The number of amides is 3. The summed E-state index contributed by atoms with van der Waals surface area (Å²) < 4.78 is 0. The summed E-state index contributed by atoms with van der Waals surface area (Å²) in [6.07, 6.45) is 0. The highest BCUT2D eigenvalue weighted by atomic mass is 16.2. The fraction of sp³-hybridized carbons (Fsp3) is 0.571. The van der Waals surface area contributed by atoms with Crippen LogP contribution in [0.1, 0.15) is 51.9 Å². The van der Waals surface area contributed by atoms with E-state index in [0.29, 0.717) is 30.9 Å². The number of benzene rings is 1. The molecule has 156 valence electrons. The van der Waals surface area contributed by atoms with Gasteiger partial charge in [0.15, 0.2) is 13.1 Å². The lowest BCUT2D eigenvalue weighted by molar-refractivity contribution is -0.881. The lowest BCUT2D eigenvalue weighted by Gasteiger charge is -2.23. The maximum absolute atomic E-state index is 12.5. The smallest absolute Gasteiger partial charge is 0.279 e. The molecule has 0 radical (unpaired) electrons. The van der Waals surface area contributed by atoms with Crippen LogP contribution in [0.4, 0.5) is 5.69 Å². The summed E-state index contributed by atoms with van der Waals surface area (Å²) in [6, 6.07) is 6.95. The minimum atomic E-state index is -0.296. The Balaban J connectivity index is 2.70. The Hall–Kier alpha value is -2.41. The number of rotatable bonds is 9. The number of nitrogens with zero attached hydrogens (tertiary/aromatic N) is 1. The third kappa shape index (κ3) is 8.08. The molecule has 0 aromatic heterocycles. The first-order chi connectivity index (χ1) is 13.1. The fourth-order valence-electron chi connectivity index (χ4n) is 2.86. The van der Waals surface area contributed by atoms with Crippen molar-refractivity contribution in [3.8, 4) is 0 Å². The quantitative estimate of drug-likeness (QED) is 0.586. The van der Waals surface area contributed by atoms with Crippen LogP contribution in [0.2, 0.25) is 0 Å². The SMILES string of the molecule is CCN(CC)C(=O)c1cccc(NC(=O)C[NH+](CC)CC(=O)NC(C)(C)C)c1. The number of carbonyl (C=O) groups excluding carboxylic acids is 3. The number of nitrogens with one attached hydrogen (secondary N) is 3. The van der Waals surface area contributed by atoms with Gasteiger partial charge >= 0.3 is 0 Å². The van der Waals surface area contributed by atoms with E-state index in [-0.39, 0.29) is 36.3 Å². The first-order valence-corrected chi connectivity index (χ1v) is 9.93. The van der Waals surface area contributed by atoms with Crippen molar-refractivity contribution in [2.24, 2.45) is 0 Å². The Bertz CT molecular complexity index is 678. The van der Waals surface area contributed by atoms with Crippen LogP contribution in [0, 0.1) is 0 Å². The molecule has 0 saturated carbocycles. The van der Waals surface area contributed by atoms with Crippen molar-refractivity contribution in [2.45, 2.75) is 47.1 Å². The molecule has 0 aliphatic carbocycles. The Morgan fingerprint density at radius 2 is 1.61 bits per heavy atom. The maximum atomic E-state index is 12.5. The van der Waals surface area contributed by atoms with E-state index in [1.807, 2.05) is 41.5 Å². The van der Waals surface area contributed by atoms with Gasteiger partial charge in [-0.15, -0.1) is 0 Å². The highest BCUT2D eigenvalue weighted by molar-refractivity contribution is 5.97. The van der Waals surface area contributed by atoms with Crippen molar-refractivity contribution < 1.29 is 19.3 Å². The van der Waals surface area contributed by atoms with Gasteiger partial charge in [0, 0.05) is 29.9 Å². The molecule has 0 spiro atoms. The van der Waals surface area contributed by atoms with E-state index in [4.69, 9.17) is 0 Å². The summed E-state index contributed by atoms with van der Waals surface area (Å²) in [5, 5.41) is 5.75. The molecular weight excluding hydrogens is 356 g/mol. The van der Waals surface area contributed by atoms with Gasteiger partial charge in [-0.2, -0.15) is 0 Å². The van der Waals surface area contributed by atoms with Crippen molar-refractivity contribution in [3.63, 3.8) is 0 Å². The largest absolute Gasteiger partial charge is 0.347 e. The molecule has 3 amide bonds. The van der Waals surface area contributed by atoms with Crippen molar-refractivity contribution in [3.05, 3.63) is 29.8 Å². The second-order valence-electron chi connectivity index (χ2n) is 7.86. The standard InChI is InChI=1S/C21H34N4O3/c1-7-24(15-19(27)23-21(4,5)6)14-18(26)22-17-12-10-11-16(13-17)20(28)25(8-2)9-3/h10-13H,7-9,14-15H2,1-6H3,(H,22,26)(H,23,27)/p+1. The molecule has 1 aromatic rings. The minimum absolute atomic E-state index is 0.0549. The minimum Gasteiger partial charge on any atom is -0.347 e. The first-order valence-electron chi connectivity index (χ1n) is 9.93. The molecule has 28 heavy (non-hydrogen) atoms. The zero-order chi connectivity index (χ0) is 21.3. The number of hydrogen-bond acceptors (Lipinski definition) is 3. The normalized spacial score (nSPS) is 12.2. The number of anilines is 1. The Morgan fingerprint density at radius 1 is 1.00 bits per heavy atom. The van der Waals surface area contributed by atoms with Crippen molar-refractivity contribution >= 4 is 23.4 Å². The molecule has 1 atom stereocenters. The second-order valence-corrected chi connectivity index (χ2v) is 7.86. The predicted molar refractivity (Wildman–Crippen MR) is 111 cm³/mol. The first kappa shape index (κ1) is 23.6. The Morgan fingerprint density at radius 3 is 2.14 bits per heavy atom. The zero-order valence-corrected chi connectivity index (χ0v) is 18.0. The van der Waals surface area contributed by atoms with Gasteiger partial charge in [0.25, 0.3) is 17.7 Å². The van der Waals surface area contributed by atoms with Gasteiger partial charge in [0.05, 0.1) is 6.54 Å². The van der Waals surface area contributed by atoms with E-state index in [0.717, 1.165) is 4.90 Å². The summed E-state index contributed by atoms with van der Waals surface area (Å²) >= 11 is 0. The molecule has 0 heterocycles. The summed E-state index contributed by atoms with van der Waals surface area (Å²) in [7, 11) is 0. The Labute approximate surface area is 168 Å². The van der Waals surface area contributed by atoms with Gasteiger partial charge in [0.1, 0.15) is 0 Å². The van der Waals surface area contributed by atoms with Crippen LogP contribution in [0.15, 0.2) is 24.3 Å². The topological polar surface area (TPSA) is 83.0 Å². The third-order valence-corrected chi connectivity index (χ3v) is 4.28. The number of hydrogen-bond donors (Lipinski definition) is 3. The van der Waals surface area contributed by atoms with E-state index < -0.39 is 0 Å². The number of carbonyl (C=O) groups is 3. The average Bonchev–Trinajstić information content (AvgIpc) is 2.60. The monoisotopic (exact) mass is 391 g/mol. The van der Waals surface area contributed by atoms with Gasteiger partial charge in [0.2, 0.25) is 0 Å². The van der Waals surface area contributed by atoms with E-state index >= 15 is 0 Å². The molecule has 1 rings (SSSR count). The van der Waals surface area contributed by atoms with Crippen LogP contribution in [-0.2, 0) is 9.59 Å². The predicted octanol–water partition coefficient (Wildman–Crippen LogP) is 0.927. The highest BCUT2D eigenvalue weighted by Gasteiger charge is 2.20. The molecule has 7 nitrogen and oxygen atoms in total. The average molecular weight is 392 g/mol. The fourth-order valence-corrected chi connectivity index (χ4v) is 2.86. The molecule has 0 aliphatic heterocycles. The number of quaternary nitrogens is 1. The molecule has 1 aromatic carbocycles. The van der Waals surface area contributed by atoms with Crippen LogP contribution >= 0.6 is 0 Å². The molecule has 7 heteroatoms. The lowest BCUT2D eigenvalue weighted by Crippen LogP contribution is -3.14.